The molecule has 144 valence electrons. The molecule has 0 aliphatic carbocycles. The van der Waals surface area contributed by atoms with Gasteiger partial charge in [0.2, 0.25) is 5.91 Å². The van der Waals surface area contributed by atoms with Crippen molar-refractivity contribution in [3.63, 3.8) is 0 Å². The highest BCUT2D eigenvalue weighted by molar-refractivity contribution is 7.16. The van der Waals surface area contributed by atoms with E-state index in [2.05, 4.69) is 10.3 Å². The van der Waals surface area contributed by atoms with Crippen LogP contribution in [0.2, 0.25) is 0 Å². The number of ether oxygens (including phenoxy) is 1. The number of benzene rings is 1. The lowest BCUT2D eigenvalue weighted by Crippen LogP contribution is -2.22. The van der Waals surface area contributed by atoms with Crippen LogP contribution in [0.3, 0.4) is 0 Å². The fraction of sp³-hybridized carbons (Fsp3) is 0.158. The van der Waals surface area contributed by atoms with Crippen LogP contribution in [0.15, 0.2) is 46.8 Å². The van der Waals surface area contributed by atoms with E-state index in [9.17, 15) is 14.4 Å². The van der Waals surface area contributed by atoms with Crippen molar-refractivity contribution in [1.82, 2.24) is 4.57 Å². The van der Waals surface area contributed by atoms with Crippen molar-refractivity contribution in [2.24, 2.45) is 4.99 Å². The molecule has 9 heteroatoms. The molecule has 0 atom stereocenters. The van der Waals surface area contributed by atoms with Gasteiger partial charge in [-0.15, -0.1) is 11.3 Å². The number of nitrogens with one attached hydrogen (secondary N) is 1. The number of anilines is 1. The number of amides is 2. The summed E-state index contributed by atoms with van der Waals surface area (Å²) in [7, 11) is 1.30. The van der Waals surface area contributed by atoms with E-state index in [1.54, 1.807) is 28.8 Å². The summed E-state index contributed by atoms with van der Waals surface area (Å²) in [6.07, 6.45) is 3.09. The Hall–Kier alpha value is -3.04. The molecule has 0 aliphatic rings. The Morgan fingerprint density at radius 3 is 2.79 bits per heavy atom. The number of carbonyl (C=O) groups excluding carboxylic acids is 3. The quantitative estimate of drug-likeness (QED) is 0.512. The van der Waals surface area contributed by atoms with E-state index < -0.39 is 11.9 Å². The van der Waals surface area contributed by atoms with E-state index in [0.29, 0.717) is 10.5 Å². The minimum Gasteiger partial charge on any atom is -0.468 e. The van der Waals surface area contributed by atoms with Crippen LogP contribution in [0.1, 0.15) is 11.8 Å². The Labute approximate surface area is 168 Å². The standard InChI is InChI=1S/C19H17N3O4S2/c1-12(23)20-13-5-7-15-16(10-13)28-19(22(15)11-18(25)26-2)21-17(24)8-6-14-4-3-9-27-14/h3-10H,11H2,1-2H3,(H,20,23)/b8-6+,21-19?. The van der Waals surface area contributed by atoms with Gasteiger partial charge >= 0.3 is 5.97 Å². The third-order valence-corrected chi connectivity index (χ3v) is 5.54. The smallest absolute Gasteiger partial charge is 0.325 e. The first kappa shape index (κ1) is 19.7. The topological polar surface area (TPSA) is 89.8 Å². The van der Waals surface area contributed by atoms with E-state index in [4.69, 9.17) is 4.74 Å². The Morgan fingerprint density at radius 2 is 2.11 bits per heavy atom. The summed E-state index contributed by atoms with van der Waals surface area (Å²) in [6.45, 7) is 1.35. The molecule has 0 saturated carbocycles. The maximum Gasteiger partial charge on any atom is 0.325 e. The number of rotatable bonds is 5. The average Bonchev–Trinajstić information content (AvgIpc) is 3.27. The van der Waals surface area contributed by atoms with Gasteiger partial charge in [0.05, 0.1) is 17.3 Å². The lowest BCUT2D eigenvalue weighted by Gasteiger charge is -2.05. The molecule has 3 aromatic rings. The zero-order valence-corrected chi connectivity index (χ0v) is 16.8. The Morgan fingerprint density at radius 1 is 1.29 bits per heavy atom. The molecule has 1 aromatic carbocycles. The van der Waals surface area contributed by atoms with Crippen molar-refractivity contribution in [2.75, 3.05) is 12.4 Å². The number of esters is 1. The van der Waals surface area contributed by atoms with Gasteiger partial charge in [0, 0.05) is 23.6 Å². The Bertz CT molecular complexity index is 1120. The van der Waals surface area contributed by atoms with Crippen molar-refractivity contribution in [3.05, 3.63) is 51.5 Å². The molecule has 0 spiro atoms. The molecular weight excluding hydrogens is 398 g/mol. The lowest BCUT2D eigenvalue weighted by molar-refractivity contribution is -0.141. The van der Waals surface area contributed by atoms with Gasteiger partial charge in [-0.1, -0.05) is 17.4 Å². The predicted molar refractivity (Wildman–Crippen MR) is 110 cm³/mol. The second kappa shape index (κ2) is 8.77. The van der Waals surface area contributed by atoms with Gasteiger partial charge in [-0.3, -0.25) is 14.4 Å². The Balaban J connectivity index is 2.02. The van der Waals surface area contributed by atoms with Gasteiger partial charge < -0.3 is 14.6 Å². The zero-order valence-electron chi connectivity index (χ0n) is 15.2. The molecule has 2 amide bonds. The van der Waals surface area contributed by atoms with E-state index in [1.807, 2.05) is 17.5 Å². The first-order chi connectivity index (χ1) is 13.5. The first-order valence-corrected chi connectivity index (χ1v) is 9.94. The highest BCUT2D eigenvalue weighted by Gasteiger charge is 2.12. The van der Waals surface area contributed by atoms with E-state index in [0.717, 1.165) is 15.1 Å². The van der Waals surface area contributed by atoms with E-state index >= 15 is 0 Å². The summed E-state index contributed by atoms with van der Waals surface area (Å²) in [6, 6.07) is 9.07. The number of methoxy groups -OCH3 is 1. The summed E-state index contributed by atoms with van der Waals surface area (Å²) in [5, 5.41) is 4.63. The molecule has 7 nitrogen and oxygen atoms in total. The minimum absolute atomic E-state index is 0.0727. The maximum absolute atomic E-state index is 12.3. The molecule has 0 fully saturated rings. The fourth-order valence-electron chi connectivity index (χ4n) is 2.46. The molecule has 2 heterocycles. The number of hydrogen-bond acceptors (Lipinski definition) is 6. The number of carbonyl (C=O) groups is 3. The third-order valence-electron chi connectivity index (χ3n) is 3.66. The van der Waals surface area contributed by atoms with Crippen LogP contribution < -0.4 is 10.1 Å². The molecule has 0 radical (unpaired) electrons. The lowest BCUT2D eigenvalue weighted by atomic mass is 10.3. The number of hydrogen-bond donors (Lipinski definition) is 1. The number of fused-ring (bicyclic) bond motifs is 1. The van der Waals surface area contributed by atoms with Crippen LogP contribution in [0, 0.1) is 0 Å². The molecule has 2 aromatic heterocycles. The first-order valence-electron chi connectivity index (χ1n) is 8.24. The van der Waals surface area contributed by atoms with Crippen molar-refractivity contribution in [2.45, 2.75) is 13.5 Å². The van der Waals surface area contributed by atoms with Crippen molar-refractivity contribution < 1.29 is 19.1 Å². The molecule has 0 aliphatic heterocycles. The van der Waals surface area contributed by atoms with Crippen LogP contribution in [0.25, 0.3) is 16.3 Å². The summed E-state index contributed by atoms with van der Waals surface area (Å²) in [4.78, 5) is 40.8. The highest BCUT2D eigenvalue weighted by atomic mass is 32.1. The molecule has 0 bridgehead atoms. The SMILES string of the molecule is COC(=O)Cn1c(=NC(=O)/C=C/c2cccs2)sc2cc(NC(C)=O)ccc21. The number of thiazole rings is 1. The zero-order chi connectivity index (χ0) is 20.1. The summed E-state index contributed by atoms with van der Waals surface area (Å²) in [5.41, 5.74) is 1.35. The van der Waals surface area contributed by atoms with E-state index in [-0.39, 0.29) is 12.5 Å². The largest absolute Gasteiger partial charge is 0.468 e. The average molecular weight is 415 g/mol. The van der Waals surface area contributed by atoms with Gasteiger partial charge in [-0.05, 0) is 35.7 Å². The molecule has 0 saturated heterocycles. The summed E-state index contributed by atoms with van der Waals surface area (Å²) >= 11 is 2.77. The predicted octanol–water partition coefficient (Wildman–Crippen LogP) is 3.04. The van der Waals surface area contributed by atoms with Gasteiger partial charge in [0.15, 0.2) is 4.80 Å². The maximum atomic E-state index is 12.3. The van der Waals surface area contributed by atoms with Crippen molar-refractivity contribution in [1.29, 1.82) is 0 Å². The second-order valence-electron chi connectivity index (χ2n) is 5.71. The normalized spacial score (nSPS) is 11.9. The highest BCUT2D eigenvalue weighted by Crippen LogP contribution is 2.22. The molecule has 28 heavy (non-hydrogen) atoms. The van der Waals surface area contributed by atoms with Gasteiger partial charge in [0.25, 0.3) is 5.91 Å². The minimum atomic E-state index is -0.450. The van der Waals surface area contributed by atoms with Crippen LogP contribution in [-0.2, 0) is 25.7 Å². The monoisotopic (exact) mass is 415 g/mol. The molecule has 0 unspecified atom stereocenters. The molecular formula is C19H17N3O4S2. The van der Waals surface area contributed by atoms with E-state index in [1.165, 1.54) is 42.8 Å². The van der Waals surface area contributed by atoms with Crippen LogP contribution in [0.4, 0.5) is 5.69 Å². The Kier molecular flexibility index (Phi) is 6.17. The number of thiophene rings is 1. The fourth-order valence-corrected chi connectivity index (χ4v) is 4.15. The number of aromatic nitrogens is 1. The van der Waals surface area contributed by atoms with Crippen LogP contribution in [-0.4, -0.2) is 29.5 Å². The van der Waals surface area contributed by atoms with Crippen molar-refractivity contribution in [3.8, 4) is 0 Å². The van der Waals surface area contributed by atoms with Crippen molar-refractivity contribution >= 4 is 62.4 Å². The van der Waals surface area contributed by atoms with Crippen LogP contribution in [0.5, 0.6) is 0 Å². The molecule has 3 rings (SSSR count). The second-order valence-corrected chi connectivity index (χ2v) is 7.70. The van der Waals surface area contributed by atoms with Gasteiger partial charge in [-0.25, -0.2) is 0 Å². The summed E-state index contributed by atoms with van der Waals surface area (Å²) in [5.74, 6) is -1.06. The molecule has 1 N–H and O–H groups in total. The van der Waals surface area contributed by atoms with Gasteiger partial charge in [0.1, 0.15) is 6.54 Å². The number of nitrogens with zero attached hydrogens (tertiary/aromatic N) is 2. The van der Waals surface area contributed by atoms with Gasteiger partial charge in [-0.2, -0.15) is 4.99 Å². The van der Waals surface area contributed by atoms with Crippen LogP contribution >= 0.6 is 22.7 Å². The summed E-state index contributed by atoms with van der Waals surface area (Å²) < 4.78 is 7.16. The third kappa shape index (κ3) is 4.81.